The summed E-state index contributed by atoms with van der Waals surface area (Å²) in [6, 6.07) is 0. The Labute approximate surface area is 104 Å². The Kier molecular flexibility index (Phi) is 9.09. The molecule has 0 bridgehead atoms. The zero-order valence-electron chi connectivity index (χ0n) is 11.3. The third-order valence-corrected chi connectivity index (χ3v) is 2.90. The molecule has 4 nitrogen and oxygen atoms in total. The lowest BCUT2D eigenvalue weighted by Crippen LogP contribution is -2.39. The second-order valence-corrected chi connectivity index (χ2v) is 4.54. The fourth-order valence-corrected chi connectivity index (χ4v) is 1.54. The molecule has 0 aliphatic carbocycles. The molecule has 0 aliphatic rings. The number of methoxy groups -OCH3 is 1. The van der Waals surface area contributed by atoms with Gasteiger partial charge in [0.15, 0.2) is 5.60 Å². The van der Waals surface area contributed by atoms with Crippen molar-refractivity contribution in [3.8, 4) is 0 Å². The van der Waals surface area contributed by atoms with E-state index in [0.29, 0.717) is 19.6 Å². The van der Waals surface area contributed by atoms with Crippen molar-refractivity contribution in [1.29, 1.82) is 0 Å². The molecule has 0 aromatic heterocycles. The Bertz CT molecular complexity index is 206. The first-order valence-corrected chi connectivity index (χ1v) is 6.43. The van der Waals surface area contributed by atoms with Gasteiger partial charge in [-0.25, -0.2) is 4.79 Å². The maximum atomic E-state index is 11.1. The molecule has 0 spiro atoms. The minimum Gasteiger partial charge on any atom is -0.479 e. The zero-order valence-corrected chi connectivity index (χ0v) is 11.3. The Balaban J connectivity index is 3.81. The van der Waals surface area contributed by atoms with Crippen LogP contribution in [0.4, 0.5) is 0 Å². The van der Waals surface area contributed by atoms with Gasteiger partial charge in [-0.15, -0.1) is 0 Å². The number of hydrogen-bond acceptors (Lipinski definition) is 3. The van der Waals surface area contributed by atoms with Crippen LogP contribution in [0.2, 0.25) is 0 Å². The first-order valence-electron chi connectivity index (χ1n) is 6.43. The number of rotatable bonds is 11. The molecule has 1 N–H and O–H groups in total. The summed E-state index contributed by atoms with van der Waals surface area (Å²) < 4.78 is 10.4. The lowest BCUT2D eigenvalue weighted by atomic mass is 10.0. The van der Waals surface area contributed by atoms with Gasteiger partial charge in [-0.3, -0.25) is 0 Å². The molecule has 1 unspecified atom stereocenters. The molecule has 0 aromatic carbocycles. The lowest BCUT2D eigenvalue weighted by molar-refractivity contribution is -0.166. The van der Waals surface area contributed by atoms with Gasteiger partial charge in [-0.2, -0.15) is 0 Å². The van der Waals surface area contributed by atoms with Crippen LogP contribution >= 0.6 is 0 Å². The van der Waals surface area contributed by atoms with Gasteiger partial charge in [0.1, 0.15) is 0 Å². The predicted octanol–water partition coefficient (Wildman–Crippen LogP) is 2.85. The molecule has 0 heterocycles. The molecule has 102 valence electrons. The molecule has 0 radical (unpaired) electrons. The third-order valence-electron chi connectivity index (χ3n) is 2.90. The minimum atomic E-state index is -1.11. The van der Waals surface area contributed by atoms with E-state index in [-0.39, 0.29) is 0 Å². The fraction of sp³-hybridized carbons (Fsp3) is 0.923. The largest absolute Gasteiger partial charge is 0.479 e. The summed E-state index contributed by atoms with van der Waals surface area (Å²) in [6.07, 6.45) is 6.06. The van der Waals surface area contributed by atoms with Crippen LogP contribution < -0.4 is 0 Å². The average molecular weight is 246 g/mol. The van der Waals surface area contributed by atoms with Crippen molar-refractivity contribution in [1.82, 2.24) is 0 Å². The molecule has 0 saturated heterocycles. The number of carbonyl (C=O) groups is 1. The summed E-state index contributed by atoms with van der Waals surface area (Å²) in [5.74, 6) is -0.914. The van der Waals surface area contributed by atoms with Crippen LogP contribution in [0.15, 0.2) is 0 Å². The maximum Gasteiger partial charge on any atom is 0.335 e. The van der Waals surface area contributed by atoms with Gasteiger partial charge in [-0.05, 0) is 13.3 Å². The first kappa shape index (κ1) is 16.4. The van der Waals surface area contributed by atoms with Crippen LogP contribution in [-0.2, 0) is 14.3 Å². The molecular weight excluding hydrogens is 220 g/mol. The van der Waals surface area contributed by atoms with Crippen LogP contribution in [0.5, 0.6) is 0 Å². The lowest BCUT2D eigenvalue weighted by Gasteiger charge is -2.25. The van der Waals surface area contributed by atoms with Gasteiger partial charge in [0.2, 0.25) is 0 Å². The Hall–Kier alpha value is -0.610. The summed E-state index contributed by atoms with van der Waals surface area (Å²) in [5.41, 5.74) is -1.11. The van der Waals surface area contributed by atoms with Crippen LogP contribution in [0.1, 0.15) is 52.4 Å². The highest BCUT2D eigenvalue weighted by atomic mass is 16.5. The molecule has 17 heavy (non-hydrogen) atoms. The molecular formula is C13H26O4. The summed E-state index contributed by atoms with van der Waals surface area (Å²) in [6.45, 7) is 4.69. The molecule has 0 fully saturated rings. The normalized spacial score (nSPS) is 14.5. The number of unbranched alkanes of at least 4 members (excludes halogenated alkanes) is 4. The SMILES string of the molecule is CCCCCCCOC(C)(CCOC)C(=O)O. The molecule has 0 aliphatic heterocycles. The van der Waals surface area contributed by atoms with Crippen molar-refractivity contribution in [3.63, 3.8) is 0 Å². The van der Waals surface area contributed by atoms with E-state index >= 15 is 0 Å². The van der Waals surface area contributed by atoms with E-state index in [2.05, 4.69) is 6.92 Å². The zero-order chi connectivity index (χ0) is 13.1. The maximum absolute atomic E-state index is 11.1. The van der Waals surface area contributed by atoms with Crippen molar-refractivity contribution in [2.24, 2.45) is 0 Å². The van der Waals surface area contributed by atoms with Crippen molar-refractivity contribution in [2.75, 3.05) is 20.3 Å². The van der Waals surface area contributed by atoms with Crippen LogP contribution in [0, 0.1) is 0 Å². The van der Waals surface area contributed by atoms with Crippen LogP contribution in [0.25, 0.3) is 0 Å². The first-order chi connectivity index (χ1) is 8.06. The highest BCUT2D eigenvalue weighted by Gasteiger charge is 2.33. The Morgan fingerprint density at radius 2 is 1.82 bits per heavy atom. The number of carboxylic acids is 1. The second kappa shape index (κ2) is 9.42. The highest BCUT2D eigenvalue weighted by Crippen LogP contribution is 2.17. The fourth-order valence-electron chi connectivity index (χ4n) is 1.54. The Morgan fingerprint density at radius 1 is 1.18 bits per heavy atom. The summed E-state index contributed by atoms with van der Waals surface area (Å²) in [7, 11) is 1.56. The molecule has 0 amide bonds. The van der Waals surface area contributed by atoms with E-state index in [1.165, 1.54) is 19.3 Å². The average Bonchev–Trinajstić information content (AvgIpc) is 2.31. The third kappa shape index (κ3) is 7.34. The molecule has 0 aromatic rings. The number of carboxylic acid groups (broad SMARTS) is 1. The van der Waals surface area contributed by atoms with E-state index in [1.54, 1.807) is 14.0 Å². The highest BCUT2D eigenvalue weighted by molar-refractivity contribution is 5.76. The summed E-state index contributed by atoms with van der Waals surface area (Å²) in [4.78, 5) is 11.1. The topological polar surface area (TPSA) is 55.8 Å². The predicted molar refractivity (Wildman–Crippen MR) is 67.2 cm³/mol. The van der Waals surface area contributed by atoms with Gasteiger partial charge in [0.25, 0.3) is 0 Å². The molecule has 4 heteroatoms. The van der Waals surface area contributed by atoms with Crippen molar-refractivity contribution < 1.29 is 19.4 Å². The number of hydrogen-bond donors (Lipinski definition) is 1. The molecule has 1 atom stereocenters. The van der Waals surface area contributed by atoms with Gasteiger partial charge in [-0.1, -0.05) is 32.6 Å². The standard InChI is InChI=1S/C13H26O4/c1-4-5-6-7-8-10-17-13(2,12(14)15)9-11-16-3/h4-11H2,1-3H3,(H,14,15). The van der Waals surface area contributed by atoms with E-state index < -0.39 is 11.6 Å². The van der Waals surface area contributed by atoms with E-state index in [1.807, 2.05) is 0 Å². The van der Waals surface area contributed by atoms with E-state index in [9.17, 15) is 4.79 Å². The van der Waals surface area contributed by atoms with Gasteiger partial charge in [0.05, 0.1) is 0 Å². The van der Waals surface area contributed by atoms with Crippen LogP contribution in [-0.4, -0.2) is 37.0 Å². The molecule has 0 rings (SSSR count). The second-order valence-electron chi connectivity index (χ2n) is 4.54. The van der Waals surface area contributed by atoms with Crippen LogP contribution in [0.3, 0.4) is 0 Å². The summed E-state index contributed by atoms with van der Waals surface area (Å²) >= 11 is 0. The monoisotopic (exact) mass is 246 g/mol. The minimum absolute atomic E-state index is 0.383. The van der Waals surface area contributed by atoms with Crippen molar-refractivity contribution in [2.45, 2.75) is 58.0 Å². The quantitative estimate of drug-likeness (QED) is 0.569. The van der Waals surface area contributed by atoms with Gasteiger partial charge < -0.3 is 14.6 Å². The number of aliphatic carboxylic acids is 1. The summed E-state index contributed by atoms with van der Waals surface area (Å²) in [5, 5.41) is 9.12. The Morgan fingerprint density at radius 3 is 2.35 bits per heavy atom. The van der Waals surface area contributed by atoms with Crippen molar-refractivity contribution in [3.05, 3.63) is 0 Å². The van der Waals surface area contributed by atoms with E-state index in [4.69, 9.17) is 14.6 Å². The molecule has 0 saturated carbocycles. The smallest absolute Gasteiger partial charge is 0.335 e. The van der Waals surface area contributed by atoms with Gasteiger partial charge in [0, 0.05) is 26.7 Å². The van der Waals surface area contributed by atoms with Gasteiger partial charge >= 0.3 is 5.97 Å². The van der Waals surface area contributed by atoms with E-state index in [0.717, 1.165) is 12.8 Å². The van der Waals surface area contributed by atoms with Crippen molar-refractivity contribution >= 4 is 5.97 Å². The number of ether oxygens (including phenoxy) is 2.